The van der Waals surface area contributed by atoms with E-state index < -0.39 is 10.1 Å². The van der Waals surface area contributed by atoms with Crippen LogP contribution in [0.5, 0.6) is 0 Å². The van der Waals surface area contributed by atoms with Crippen molar-refractivity contribution in [2.24, 2.45) is 18.0 Å². The maximum Gasteiger partial charge on any atom is 0.264 e. The molecular weight excluding hydrogens is 440 g/mol. The van der Waals surface area contributed by atoms with Crippen LogP contribution < -0.4 is 4.80 Å². The van der Waals surface area contributed by atoms with Gasteiger partial charge in [0.2, 0.25) is 0 Å². The first kappa shape index (κ1) is 24.4. The molecule has 3 aromatic rings. The van der Waals surface area contributed by atoms with Gasteiger partial charge in [0.15, 0.2) is 4.80 Å². The van der Waals surface area contributed by atoms with E-state index in [-0.39, 0.29) is 11.7 Å². The van der Waals surface area contributed by atoms with Crippen LogP contribution in [-0.2, 0) is 23.6 Å². The van der Waals surface area contributed by atoms with Crippen molar-refractivity contribution < 1.29 is 13.0 Å². The van der Waals surface area contributed by atoms with E-state index in [0.29, 0.717) is 12.3 Å². The topological polar surface area (TPSA) is 71.7 Å². The van der Waals surface area contributed by atoms with Crippen molar-refractivity contribution in [2.75, 3.05) is 5.75 Å². The Morgan fingerprint density at radius 2 is 1.72 bits per heavy atom. The van der Waals surface area contributed by atoms with Gasteiger partial charge in [0.25, 0.3) is 10.1 Å². The minimum Gasteiger partial charge on any atom is -0.320 e. The molecule has 1 atom stereocenters. The number of benzene rings is 2. The van der Waals surface area contributed by atoms with E-state index in [1.54, 1.807) is 11.3 Å². The zero-order valence-electron chi connectivity index (χ0n) is 19.2. The molecule has 0 radical (unpaired) electrons. The standard InChI is InChI=1S/C25H32N2O3S2/c1-18(2)20-11-13-22(14-12-20)26-25-27(4)24(17-31-25)23-8-6-5-7-21(23)10-9-19(3)15-16-32(28,29)30/h5-8,11-14,17-19H,9-10,15-16H2,1-4H3,(H,28,29,30). The van der Waals surface area contributed by atoms with Gasteiger partial charge < -0.3 is 4.57 Å². The number of thiazole rings is 1. The van der Waals surface area contributed by atoms with Gasteiger partial charge in [-0.1, -0.05) is 57.2 Å². The van der Waals surface area contributed by atoms with Crippen molar-refractivity contribution in [2.45, 2.75) is 46.0 Å². The Morgan fingerprint density at radius 3 is 2.38 bits per heavy atom. The third kappa shape index (κ3) is 6.64. The van der Waals surface area contributed by atoms with Crippen molar-refractivity contribution in [3.05, 3.63) is 69.8 Å². The maximum absolute atomic E-state index is 11.0. The summed E-state index contributed by atoms with van der Waals surface area (Å²) in [7, 11) is -1.86. The average molecular weight is 473 g/mol. The van der Waals surface area contributed by atoms with E-state index in [2.05, 4.69) is 60.2 Å². The molecule has 0 saturated carbocycles. The molecule has 1 unspecified atom stereocenters. The Bertz CT molecular complexity index is 1210. The summed E-state index contributed by atoms with van der Waals surface area (Å²) in [6, 6.07) is 16.7. The fourth-order valence-electron chi connectivity index (χ4n) is 3.64. The lowest BCUT2D eigenvalue weighted by molar-refractivity contribution is 0.462. The van der Waals surface area contributed by atoms with E-state index in [1.807, 2.05) is 26.1 Å². The first-order chi connectivity index (χ1) is 15.1. The molecule has 0 fully saturated rings. The Hall–Kier alpha value is -2.22. The second-order valence-electron chi connectivity index (χ2n) is 8.70. The summed E-state index contributed by atoms with van der Waals surface area (Å²) in [5.74, 6) is 0.527. The second-order valence-corrected chi connectivity index (χ2v) is 11.1. The second kappa shape index (κ2) is 10.6. The summed E-state index contributed by atoms with van der Waals surface area (Å²) in [6.07, 6.45) is 2.17. The van der Waals surface area contributed by atoms with E-state index in [9.17, 15) is 8.42 Å². The minimum atomic E-state index is -3.90. The Kier molecular flexibility index (Phi) is 8.09. The van der Waals surface area contributed by atoms with Gasteiger partial charge in [-0.05, 0) is 54.4 Å². The highest BCUT2D eigenvalue weighted by molar-refractivity contribution is 7.85. The number of aryl methyl sites for hydroxylation is 1. The molecule has 7 heteroatoms. The first-order valence-corrected chi connectivity index (χ1v) is 13.5. The molecule has 0 aliphatic heterocycles. The molecule has 0 spiro atoms. The predicted molar refractivity (Wildman–Crippen MR) is 133 cm³/mol. The van der Waals surface area contributed by atoms with Crippen LogP contribution in [0.3, 0.4) is 0 Å². The van der Waals surface area contributed by atoms with Crippen molar-refractivity contribution in [3.8, 4) is 11.3 Å². The van der Waals surface area contributed by atoms with Gasteiger partial charge >= 0.3 is 0 Å². The van der Waals surface area contributed by atoms with Gasteiger partial charge in [-0.2, -0.15) is 8.42 Å². The van der Waals surface area contributed by atoms with Crippen LogP contribution in [0.15, 0.2) is 58.9 Å². The Balaban J connectivity index is 1.80. The highest BCUT2D eigenvalue weighted by atomic mass is 32.2. The monoisotopic (exact) mass is 472 g/mol. The van der Waals surface area contributed by atoms with Crippen molar-refractivity contribution >= 4 is 27.1 Å². The number of nitrogens with zero attached hydrogens (tertiary/aromatic N) is 2. The molecule has 0 aliphatic rings. The van der Waals surface area contributed by atoms with Gasteiger partial charge in [-0.25, -0.2) is 4.99 Å². The summed E-state index contributed by atoms with van der Waals surface area (Å²) in [5, 5.41) is 2.14. The van der Waals surface area contributed by atoms with Crippen LogP contribution in [0, 0.1) is 5.92 Å². The number of aromatic nitrogens is 1. The summed E-state index contributed by atoms with van der Waals surface area (Å²) >= 11 is 1.62. The van der Waals surface area contributed by atoms with Crippen LogP contribution in [-0.4, -0.2) is 23.3 Å². The van der Waals surface area contributed by atoms with Crippen LogP contribution in [0.1, 0.15) is 50.7 Å². The molecule has 0 bridgehead atoms. The largest absolute Gasteiger partial charge is 0.320 e. The molecule has 0 aliphatic carbocycles. The smallest absolute Gasteiger partial charge is 0.264 e. The first-order valence-electron chi connectivity index (χ1n) is 11.0. The van der Waals surface area contributed by atoms with E-state index in [0.717, 1.165) is 29.0 Å². The molecule has 32 heavy (non-hydrogen) atoms. The van der Waals surface area contributed by atoms with Gasteiger partial charge in [-0.15, -0.1) is 11.3 Å². The van der Waals surface area contributed by atoms with Gasteiger partial charge in [-0.3, -0.25) is 4.55 Å². The zero-order chi connectivity index (χ0) is 23.3. The van der Waals surface area contributed by atoms with Crippen molar-refractivity contribution in [1.29, 1.82) is 0 Å². The molecule has 5 nitrogen and oxygen atoms in total. The molecule has 2 aromatic carbocycles. The molecule has 1 aromatic heterocycles. The number of rotatable bonds is 9. The quantitative estimate of drug-likeness (QED) is 0.391. The van der Waals surface area contributed by atoms with E-state index in [4.69, 9.17) is 9.55 Å². The molecule has 172 valence electrons. The molecule has 1 N–H and O–H groups in total. The zero-order valence-corrected chi connectivity index (χ0v) is 20.8. The SMILES string of the molecule is CC(CCc1ccccc1-c1csc(=Nc2ccc(C(C)C)cc2)n1C)CCS(=O)(=O)O. The molecule has 3 rings (SSSR count). The van der Waals surface area contributed by atoms with Crippen molar-refractivity contribution in [3.63, 3.8) is 0 Å². The van der Waals surface area contributed by atoms with E-state index >= 15 is 0 Å². The lowest BCUT2D eigenvalue weighted by Gasteiger charge is -2.13. The molecule has 0 amide bonds. The highest BCUT2D eigenvalue weighted by Gasteiger charge is 2.13. The third-order valence-electron chi connectivity index (χ3n) is 5.78. The highest BCUT2D eigenvalue weighted by Crippen LogP contribution is 2.27. The summed E-state index contributed by atoms with van der Waals surface area (Å²) in [5.41, 5.74) is 5.77. The lowest BCUT2D eigenvalue weighted by Crippen LogP contribution is -2.12. The third-order valence-corrected chi connectivity index (χ3v) is 7.45. The number of hydrogen-bond acceptors (Lipinski definition) is 4. The lowest BCUT2D eigenvalue weighted by atomic mass is 9.95. The van der Waals surface area contributed by atoms with E-state index in [1.165, 1.54) is 16.7 Å². The molecule has 1 heterocycles. The molecule has 0 saturated heterocycles. The Labute approximate surface area is 195 Å². The predicted octanol–water partition coefficient (Wildman–Crippen LogP) is 5.96. The Morgan fingerprint density at radius 1 is 1.03 bits per heavy atom. The fraction of sp³-hybridized carbons (Fsp3) is 0.400. The van der Waals surface area contributed by atoms with Crippen LogP contribution >= 0.6 is 11.3 Å². The summed E-state index contributed by atoms with van der Waals surface area (Å²) < 4.78 is 33.1. The van der Waals surface area contributed by atoms with Gasteiger partial charge in [0, 0.05) is 18.0 Å². The number of hydrogen-bond donors (Lipinski definition) is 1. The summed E-state index contributed by atoms with van der Waals surface area (Å²) in [6.45, 7) is 6.40. The van der Waals surface area contributed by atoms with Crippen molar-refractivity contribution in [1.82, 2.24) is 4.57 Å². The maximum atomic E-state index is 11.0. The fourth-order valence-corrected chi connectivity index (χ4v) is 5.26. The van der Waals surface area contributed by atoms with Crippen LogP contribution in [0.2, 0.25) is 0 Å². The molecular formula is C25H32N2O3S2. The minimum absolute atomic E-state index is 0.182. The summed E-state index contributed by atoms with van der Waals surface area (Å²) in [4.78, 5) is 5.78. The van der Waals surface area contributed by atoms with Crippen LogP contribution in [0.25, 0.3) is 11.3 Å². The normalized spacial score (nSPS) is 13.6. The van der Waals surface area contributed by atoms with Gasteiger partial charge in [0.1, 0.15) is 0 Å². The van der Waals surface area contributed by atoms with Gasteiger partial charge in [0.05, 0.1) is 17.1 Å². The average Bonchev–Trinajstić information content (AvgIpc) is 3.10. The van der Waals surface area contributed by atoms with Crippen LogP contribution in [0.4, 0.5) is 5.69 Å².